The Kier molecular flexibility index (Phi) is 6.67. The van der Waals surface area contributed by atoms with Gasteiger partial charge in [-0.25, -0.2) is 0 Å². The van der Waals surface area contributed by atoms with Gasteiger partial charge in [-0.3, -0.25) is 9.59 Å². The summed E-state index contributed by atoms with van der Waals surface area (Å²) in [6, 6.07) is 0.0825. The van der Waals surface area contributed by atoms with Crippen LogP contribution in [0.3, 0.4) is 0 Å². The molecule has 1 saturated carbocycles. The molecule has 2 N–H and O–H groups in total. The van der Waals surface area contributed by atoms with Crippen molar-refractivity contribution in [1.82, 2.24) is 5.32 Å². The average Bonchev–Trinajstić information content (AvgIpc) is 2.35. The van der Waals surface area contributed by atoms with Crippen molar-refractivity contribution in [2.45, 2.75) is 31.7 Å². The first-order valence-electron chi connectivity index (χ1n) is 6.22. The fraction of sp³-hybridized carbons (Fsp3) is 0.833. The summed E-state index contributed by atoms with van der Waals surface area (Å²) in [5.41, 5.74) is 0. The number of ether oxygens (including phenoxy) is 2. The molecule has 1 amide bonds. The van der Waals surface area contributed by atoms with Gasteiger partial charge in [-0.2, -0.15) is 0 Å². The summed E-state index contributed by atoms with van der Waals surface area (Å²) < 4.78 is 9.90. The van der Waals surface area contributed by atoms with E-state index in [9.17, 15) is 9.59 Å². The molecule has 0 aliphatic heterocycles. The Balaban J connectivity index is 2.12. The molecule has 0 atom stereocenters. The van der Waals surface area contributed by atoms with Crippen molar-refractivity contribution in [2.24, 2.45) is 5.92 Å². The van der Waals surface area contributed by atoms with E-state index in [2.05, 4.69) is 5.32 Å². The van der Waals surface area contributed by atoms with Gasteiger partial charge in [-0.15, -0.1) is 0 Å². The van der Waals surface area contributed by atoms with Crippen molar-refractivity contribution in [3.63, 3.8) is 0 Å². The first-order chi connectivity index (χ1) is 8.63. The van der Waals surface area contributed by atoms with Gasteiger partial charge in [0, 0.05) is 13.2 Å². The second-order valence-corrected chi connectivity index (χ2v) is 4.50. The summed E-state index contributed by atoms with van der Waals surface area (Å²) in [4.78, 5) is 22.3. The van der Waals surface area contributed by atoms with Crippen LogP contribution >= 0.6 is 0 Å². The van der Waals surface area contributed by atoms with Crippen LogP contribution in [0.15, 0.2) is 0 Å². The third-order valence-electron chi connectivity index (χ3n) is 3.11. The molecule has 18 heavy (non-hydrogen) atoms. The van der Waals surface area contributed by atoms with E-state index in [-0.39, 0.29) is 24.5 Å². The van der Waals surface area contributed by atoms with Crippen LogP contribution < -0.4 is 5.32 Å². The lowest BCUT2D eigenvalue weighted by Gasteiger charge is -2.26. The van der Waals surface area contributed by atoms with E-state index >= 15 is 0 Å². The number of carboxylic acids is 1. The van der Waals surface area contributed by atoms with Gasteiger partial charge in [0.25, 0.3) is 0 Å². The summed E-state index contributed by atoms with van der Waals surface area (Å²) in [7, 11) is 1.57. The maximum atomic E-state index is 11.5. The van der Waals surface area contributed by atoms with Crippen molar-refractivity contribution < 1.29 is 24.2 Å². The van der Waals surface area contributed by atoms with Gasteiger partial charge in [0.2, 0.25) is 5.91 Å². The van der Waals surface area contributed by atoms with Gasteiger partial charge in [0.05, 0.1) is 19.1 Å². The maximum absolute atomic E-state index is 11.5. The molecule has 0 heterocycles. The Morgan fingerprint density at radius 1 is 1.22 bits per heavy atom. The molecule has 0 spiro atoms. The zero-order chi connectivity index (χ0) is 13.4. The molecule has 0 radical (unpaired) electrons. The standard InChI is InChI=1S/C12H21NO5/c1-17-6-7-18-8-11(14)13-10-4-2-9(3-5-10)12(15)16/h9-10H,2-8H2,1H3,(H,13,14)(H,15,16). The van der Waals surface area contributed by atoms with Gasteiger partial charge >= 0.3 is 5.97 Å². The lowest BCUT2D eigenvalue weighted by molar-refractivity contribution is -0.142. The molecule has 0 aromatic heterocycles. The summed E-state index contributed by atoms with van der Waals surface area (Å²) in [5.74, 6) is -1.14. The van der Waals surface area contributed by atoms with Crippen LogP contribution in [0.5, 0.6) is 0 Å². The SMILES string of the molecule is COCCOCC(=O)NC1CCC(C(=O)O)CC1. The molecule has 0 aromatic rings. The lowest BCUT2D eigenvalue weighted by atomic mass is 9.86. The van der Waals surface area contributed by atoms with E-state index in [4.69, 9.17) is 14.6 Å². The second kappa shape index (κ2) is 8.05. The number of methoxy groups -OCH3 is 1. The first kappa shape index (κ1) is 14.9. The highest BCUT2D eigenvalue weighted by Crippen LogP contribution is 2.24. The highest BCUT2D eigenvalue weighted by Gasteiger charge is 2.26. The van der Waals surface area contributed by atoms with Gasteiger partial charge in [-0.05, 0) is 25.7 Å². The number of hydrogen-bond acceptors (Lipinski definition) is 4. The van der Waals surface area contributed by atoms with Gasteiger partial charge < -0.3 is 19.9 Å². The topological polar surface area (TPSA) is 84.9 Å². The number of carboxylic acid groups (broad SMARTS) is 1. The summed E-state index contributed by atoms with van der Waals surface area (Å²) in [6.07, 6.45) is 2.71. The first-order valence-corrected chi connectivity index (χ1v) is 6.22. The average molecular weight is 259 g/mol. The molecule has 1 fully saturated rings. The minimum atomic E-state index is -0.734. The monoisotopic (exact) mass is 259 g/mol. The molecule has 104 valence electrons. The van der Waals surface area contributed by atoms with E-state index in [0.29, 0.717) is 26.1 Å². The number of hydrogen-bond donors (Lipinski definition) is 2. The lowest BCUT2D eigenvalue weighted by Crippen LogP contribution is -2.40. The summed E-state index contributed by atoms with van der Waals surface area (Å²) in [5, 5.41) is 11.7. The summed E-state index contributed by atoms with van der Waals surface area (Å²) in [6.45, 7) is 0.898. The Labute approximate surface area is 107 Å². The van der Waals surface area contributed by atoms with Crippen molar-refractivity contribution in [2.75, 3.05) is 26.9 Å². The zero-order valence-electron chi connectivity index (χ0n) is 10.7. The Morgan fingerprint density at radius 3 is 2.44 bits per heavy atom. The number of amides is 1. The van der Waals surface area contributed by atoms with Gasteiger partial charge in [-0.1, -0.05) is 0 Å². The van der Waals surface area contributed by atoms with Crippen LogP contribution in [0.4, 0.5) is 0 Å². The molecular weight excluding hydrogens is 238 g/mol. The van der Waals surface area contributed by atoms with Gasteiger partial charge in [0.15, 0.2) is 0 Å². The van der Waals surface area contributed by atoms with E-state index in [1.807, 2.05) is 0 Å². The highest BCUT2D eigenvalue weighted by molar-refractivity contribution is 5.77. The molecule has 0 aromatic carbocycles. The number of carbonyl (C=O) groups is 2. The number of carbonyl (C=O) groups excluding carboxylic acids is 1. The fourth-order valence-corrected chi connectivity index (χ4v) is 2.06. The van der Waals surface area contributed by atoms with Crippen LogP contribution in [-0.4, -0.2) is 50.0 Å². The normalized spacial score (nSPS) is 23.6. The predicted octanol–water partition coefficient (Wildman–Crippen LogP) is 0.409. The molecule has 1 rings (SSSR count). The minimum absolute atomic E-state index is 0.0300. The molecule has 6 nitrogen and oxygen atoms in total. The van der Waals surface area contributed by atoms with E-state index in [1.165, 1.54) is 0 Å². The smallest absolute Gasteiger partial charge is 0.306 e. The van der Waals surface area contributed by atoms with Crippen molar-refractivity contribution in [1.29, 1.82) is 0 Å². The van der Waals surface area contributed by atoms with Crippen molar-refractivity contribution in [3.05, 3.63) is 0 Å². The Morgan fingerprint density at radius 2 is 1.89 bits per heavy atom. The Bertz CT molecular complexity index is 274. The van der Waals surface area contributed by atoms with Crippen LogP contribution in [0.1, 0.15) is 25.7 Å². The van der Waals surface area contributed by atoms with Gasteiger partial charge in [0.1, 0.15) is 6.61 Å². The quantitative estimate of drug-likeness (QED) is 0.647. The highest BCUT2D eigenvalue weighted by atomic mass is 16.5. The van der Waals surface area contributed by atoms with E-state index < -0.39 is 5.97 Å². The minimum Gasteiger partial charge on any atom is -0.481 e. The van der Waals surface area contributed by atoms with E-state index in [0.717, 1.165) is 12.8 Å². The van der Waals surface area contributed by atoms with Crippen LogP contribution in [0.2, 0.25) is 0 Å². The predicted molar refractivity (Wildman–Crippen MR) is 64.2 cm³/mol. The third kappa shape index (κ3) is 5.46. The van der Waals surface area contributed by atoms with E-state index in [1.54, 1.807) is 7.11 Å². The van der Waals surface area contributed by atoms with Crippen LogP contribution in [0, 0.1) is 5.92 Å². The molecule has 0 unspecified atom stereocenters. The number of aliphatic carboxylic acids is 1. The van der Waals surface area contributed by atoms with Crippen molar-refractivity contribution >= 4 is 11.9 Å². The third-order valence-corrected chi connectivity index (χ3v) is 3.11. The largest absolute Gasteiger partial charge is 0.481 e. The van der Waals surface area contributed by atoms with Crippen molar-refractivity contribution in [3.8, 4) is 0 Å². The number of rotatable bonds is 7. The molecule has 1 aliphatic carbocycles. The number of nitrogens with one attached hydrogen (secondary N) is 1. The molecule has 1 aliphatic rings. The van der Waals surface area contributed by atoms with Crippen LogP contribution in [-0.2, 0) is 19.1 Å². The second-order valence-electron chi connectivity index (χ2n) is 4.50. The molecular formula is C12H21NO5. The molecule has 0 saturated heterocycles. The maximum Gasteiger partial charge on any atom is 0.306 e. The molecule has 0 bridgehead atoms. The summed E-state index contributed by atoms with van der Waals surface area (Å²) >= 11 is 0. The zero-order valence-corrected chi connectivity index (χ0v) is 10.7. The van der Waals surface area contributed by atoms with Crippen LogP contribution in [0.25, 0.3) is 0 Å². The molecule has 6 heteroatoms. The Hall–Kier alpha value is -1.14. The fourth-order valence-electron chi connectivity index (χ4n) is 2.06.